The lowest BCUT2D eigenvalue weighted by atomic mass is 9.93. The Kier molecular flexibility index (Phi) is 8.31. The van der Waals surface area contributed by atoms with E-state index in [1.165, 1.54) is 13.8 Å². The lowest BCUT2D eigenvalue weighted by molar-refractivity contribution is -0.284. The van der Waals surface area contributed by atoms with Crippen molar-refractivity contribution >= 4 is 11.8 Å². The lowest BCUT2D eigenvalue weighted by Gasteiger charge is -2.44. The van der Waals surface area contributed by atoms with Crippen LogP contribution >= 0.6 is 0 Å². The van der Waals surface area contributed by atoms with Gasteiger partial charge < -0.3 is 50.4 Å². The molecule has 0 aromatic rings. The van der Waals surface area contributed by atoms with Crippen molar-refractivity contribution in [3.63, 3.8) is 0 Å². The molecule has 0 saturated carbocycles. The Morgan fingerprint density at radius 1 is 0.862 bits per heavy atom. The van der Waals surface area contributed by atoms with Crippen molar-refractivity contribution in [1.82, 2.24) is 10.6 Å². The summed E-state index contributed by atoms with van der Waals surface area (Å²) in [5.74, 6) is -0.889. The van der Waals surface area contributed by atoms with Crippen molar-refractivity contribution in [3.05, 3.63) is 0 Å². The van der Waals surface area contributed by atoms with Crippen molar-refractivity contribution in [2.45, 2.75) is 81.9 Å². The molecule has 2 saturated heterocycles. The van der Waals surface area contributed by atoms with Crippen LogP contribution in [0.25, 0.3) is 0 Å². The third kappa shape index (κ3) is 5.61. The van der Waals surface area contributed by atoms with Gasteiger partial charge in [0.1, 0.15) is 42.7 Å². The SMILES string of the molecule is CC(=O)NC1C(C)OC(CO[C@@H]2OC(CO)[C@H](O)[C@H](O)C2NC(C)=O)[C@H](O)[C@@H]1O. The van der Waals surface area contributed by atoms with E-state index in [4.69, 9.17) is 14.2 Å². The summed E-state index contributed by atoms with van der Waals surface area (Å²) < 4.78 is 16.6. The molecular formula is C17H30N2O10. The highest BCUT2D eigenvalue weighted by Gasteiger charge is 2.47. The second-order valence-corrected chi connectivity index (χ2v) is 7.35. The summed E-state index contributed by atoms with van der Waals surface area (Å²) in [6.07, 6.45) is -9.67. The van der Waals surface area contributed by atoms with Gasteiger partial charge in [0, 0.05) is 13.8 Å². The van der Waals surface area contributed by atoms with Gasteiger partial charge in [0.15, 0.2) is 6.29 Å². The van der Waals surface area contributed by atoms with Crippen LogP contribution in [-0.2, 0) is 23.8 Å². The highest BCUT2D eigenvalue weighted by Crippen LogP contribution is 2.25. The van der Waals surface area contributed by atoms with Gasteiger partial charge >= 0.3 is 0 Å². The van der Waals surface area contributed by atoms with Crippen LogP contribution in [0.4, 0.5) is 0 Å². The Hall–Kier alpha value is -1.38. The maximum atomic E-state index is 11.4. The van der Waals surface area contributed by atoms with Gasteiger partial charge in [-0.2, -0.15) is 0 Å². The standard InChI is InChI=1S/C17H30N2O10/c1-6-11(18-7(2)21)15(25)14(24)10(28-6)5-27-17-12(19-8(3)22)16(26)13(23)9(4-20)29-17/h6,9-17,20,23-26H,4-5H2,1-3H3,(H,18,21)(H,19,22)/t6?,9?,10?,11?,12?,13-,14-,15+,16+,17+/m0/s1. The van der Waals surface area contributed by atoms with E-state index in [0.717, 1.165) is 0 Å². The fourth-order valence-electron chi connectivity index (χ4n) is 3.53. The van der Waals surface area contributed by atoms with E-state index >= 15 is 0 Å². The van der Waals surface area contributed by atoms with Crippen molar-refractivity contribution in [2.24, 2.45) is 0 Å². The molecule has 7 N–H and O–H groups in total. The fourth-order valence-corrected chi connectivity index (χ4v) is 3.53. The number of ether oxygens (including phenoxy) is 3. The van der Waals surface area contributed by atoms with Crippen LogP contribution in [0.15, 0.2) is 0 Å². The van der Waals surface area contributed by atoms with E-state index in [1.54, 1.807) is 6.92 Å². The first-order chi connectivity index (χ1) is 13.6. The second kappa shape index (κ2) is 10.1. The van der Waals surface area contributed by atoms with Crippen molar-refractivity contribution in [1.29, 1.82) is 0 Å². The predicted molar refractivity (Wildman–Crippen MR) is 95.3 cm³/mol. The maximum absolute atomic E-state index is 11.4. The van der Waals surface area contributed by atoms with Gasteiger partial charge in [0.2, 0.25) is 11.8 Å². The molecule has 0 aromatic heterocycles. The zero-order chi connectivity index (χ0) is 21.9. The number of amides is 2. The summed E-state index contributed by atoms with van der Waals surface area (Å²) >= 11 is 0. The molecule has 2 fully saturated rings. The largest absolute Gasteiger partial charge is 0.394 e. The summed E-state index contributed by atoms with van der Waals surface area (Å²) in [6.45, 7) is 3.21. The van der Waals surface area contributed by atoms with Crippen molar-refractivity contribution < 1.29 is 49.3 Å². The molecule has 2 aliphatic rings. The molecule has 10 atom stereocenters. The van der Waals surface area contributed by atoms with Crippen LogP contribution in [0.3, 0.4) is 0 Å². The Bertz CT molecular complexity index is 578. The Labute approximate surface area is 167 Å². The zero-order valence-electron chi connectivity index (χ0n) is 16.5. The quantitative estimate of drug-likeness (QED) is 0.222. The van der Waals surface area contributed by atoms with E-state index in [9.17, 15) is 35.1 Å². The Morgan fingerprint density at radius 2 is 1.38 bits per heavy atom. The Balaban J connectivity index is 2.05. The van der Waals surface area contributed by atoms with Crippen LogP contribution in [0.5, 0.6) is 0 Å². The molecule has 2 rings (SSSR count). The normalized spacial score (nSPS) is 42.9. The molecule has 2 amide bonds. The average Bonchev–Trinajstić information content (AvgIpc) is 2.65. The molecule has 0 aromatic carbocycles. The minimum atomic E-state index is -1.47. The molecule has 2 aliphatic heterocycles. The first-order valence-electron chi connectivity index (χ1n) is 9.36. The predicted octanol–water partition coefficient (Wildman–Crippen LogP) is -4.04. The molecule has 0 aliphatic carbocycles. The molecule has 12 nitrogen and oxygen atoms in total. The number of rotatable bonds is 6. The average molecular weight is 422 g/mol. The van der Waals surface area contributed by atoms with Crippen LogP contribution < -0.4 is 10.6 Å². The number of hydrogen-bond acceptors (Lipinski definition) is 10. The number of aliphatic hydroxyl groups excluding tert-OH is 5. The first-order valence-corrected chi connectivity index (χ1v) is 9.36. The molecule has 0 spiro atoms. The number of aliphatic hydroxyl groups is 5. The summed E-state index contributed by atoms with van der Waals surface area (Å²) in [7, 11) is 0. The molecule has 168 valence electrons. The highest BCUT2D eigenvalue weighted by atomic mass is 16.7. The Morgan fingerprint density at radius 3 is 1.93 bits per heavy atom. The molecular weight excluding hydrogens is 392 g/mol. The van der Waals surface area contributed by atoms with Gasteiger partial charge in [-0.1, -0.05) is 0 Å². The summed E-state index contributed by atoms with van der Waals surface area (Å²) in [6, 6.07) is -1.95. The van der Waals surface area contributed by atoms with E-state index in [2.05, 4.69) is 10.6 Å². The van der Waals surface area contributed by atoms with Crippen molar-refractivity contribution in [2.75, 3.05) is 13.2 Å². The smallest absolute Gasteiger partial charge is 0.217 e. The van der Waals surface area contributed by atoms with Gasteiger partial charge in [0.25, 0.3) is 0 Å². The minimum Gasteiger partial charge on any atom is -0.394 e. The van der Waals surface area contributed by atoms with E-state index < -0.39 is 73.6 Å². The van der Waals surface area contributed by atoms with Gasteiger partial charge in [-0.25, -0.2) is 0 Å². The maximum Gasteiger partial charge on any atom is 0.217 e. The summed E-state index contributed by atoms with van der Waals surface area (Å²) in [4.78, 5) is 22.7. The molecule has 12 heteroatoms. The molecule has 0 radical (unpaired) electrons. The molecule has 29 heavy (non-hydrogen) atoms. The molecule has 5 unspecified atom stereocenters. The third-order valence-corrected chi connectivity index (χ3v) is 5.04. The fraction of sp³-hybridized carbons (Fsp3) is 0.882. The number of nitrogens with one attached hydrogen (secondary N) is 2. The molecule has 0 bridgehead atoms. The first kappa shape index (κ1) is 23.9. The van der Waals surface area contributed by atoms with Gasteiger partial charge in [-0.3, -0.25) is 9.59 Å². The van der Waals surface area contributed by atoms with Gasteiger partial charge in [0.05, 0.1) is 25.4 Å². The number of hydrogen-bond donors (Lipinski definition) is 7. The van der Waals surface area contributed by atoms with Crippen LogP contribution in [0.1, 0.15) is 20.8 Å². The monoisotopic (exact) mass is 422 g/mol. The second-order valence-electron chi connectivity index (χ2n) is 7.35. The number of carbonyl (C=O) groups excluding carboxylic acids is 2. The van der Waals surface area contributed by atoms with Gasteiger partial charge in [-0.05, 0) is 6.92 Å². The molecule has 2 heterocycles. The van der Waals surface area contributed by atoms with Crippen LogP contribution in [-0.4, -0.2) is 112 Å². The third-order valence-electron chi connectivity index (χ3n) is 5.04. The summed E-state index contributed by atoms with van der Waals surface area (Å²) in [5, 5.41) is 55.1. The van der Waals surface area contributed by atoms with E-state index in [-0.39, 0.29) is 12.5 Å². The minimum absolute atomic E-state index is 0.295. The highest BCUT2D eigenvalue weighted by molar-refractivity contribution is 5.73. The lowest BCUT2D eigenvalue weighted by Crippen LogP contribution is -2.66. The van der Waals surface area contributed by atoms with Crippen LogP contribution in [0, 0.1) is 0 Å². The van der Waals surface area contributed by atoms with Gasteiger partial charge in [-0.15, -0.1) is 0 Å². The van der Waals surface area contributed by atoms with Crippen LogP contribution in [0.2, 0.25) is 0 Å². The van der Waals surface area contributed by atoms with E-state index in [1.807, 2.05) is 0 Å². The summed E-state index contributed by atoms with van der Waals surface area (Å²) in [5.41, 5.74) is 0. The van der Waals surface area contributed by atoms with E-state index in [0.29, 0.717) is 0 Å². The topological polar surface area (TPSA) is 187 Å². The zero-order valence-corrected chi connectivity index (χ0v) is 16.5. The van der Waals surface area contributed by atoms with Crippen molar-refractivity contribution in [3.8, 4) is 0 Å². The number of carbonyl (C=O) groups is 2.